The number of rotatable bonds is 3. The molecule has 3 rings (SSSR count). The summed E-state index contributed by atoms with van der Waals surface area (Å²) in [5.74, 6) is 1.68. The number of hydrogen-bond donors (Lipinski definition) is 1. The number of hydrogen-bond acceptors (Lipinski definition) is 4. The van der Waals surface area contributed by atoms with Crippen LogP contribution in [0.15, 0.2) is 51.8 Å². The number of benzene rings is 1. The lowest BCUT2D eigenvalue weighted by Crippen LogP contribution is -2.01. The molecule has 1 N–H and O–H groups in total. The Morgan fingerprint density at radius 2 is 2.17 bits per heavy atom. The lowest BCUT2D eigenvalue weighted by Gasteiger charge is -2.07. The molecule has 90 valence electrons. The second kappa shape index (κ2) is 4.78. The molecule has 0 saturated carbocycles. The van der Waals surface area contributed by atoms with E-state index in [-0.39, 0.29) is 0 Å². The lowest BCUT2D eigenvalue weighted by molar-refractivity contribution is 0.518. The fraction of sp³-hybridized carbons (Fsp3) is 0.0769. The Bertz CT molecular complexity index is 667. The Balaban J connectivity index is 1.93. The van der Waals surface area contributed by atoms with E-state index in [9.17, 15) is 0 Å². The zero-order chi connectivity index (χ0) is 12.4. The molecule has 2 heterocycles. The van der Waals surface area contributed by atoms with Crippen molar-refractivity contribution in [2.24, 2.45) is 0 Å². The summed E-state index contributed by atoms with van der Waals surface area (Å²) in [5.41, 5.74) is 0.912. The summed E-state index contributed by atoms with van der Waals surface area (Å²) in [5, 5.41) is 4.24. The zero-order valence-electron chi connectivity index (χ0n) is 9.43. The number of furan rings is 1. The van der Waals surface area contributed by atoms with E-state index in [2.05, 4.69) is 31.2 Å². The summed E-state index contributed by atoms with van der Waals surface area (Å²) < 4.78 is 6.28. The summed E-state index contributed by atoms with van der Waals surface area (Å²) in [7, 11) is 0. The van der Waals surface area contributed by atoms with Gasteiger partial charge in [-0.05, 0) is 30.3 Å². The van der Waals surface area contributed by atoms with Crippen molar-refractivity contribution in [1.29, 1.82) is 0 Å². The second-order valence-electron chi connectivity index (χ2n) is 3.82. The van der Waals surface area contributed by atoms with Crippen LogP contribution < -0.4 is 5.32 Å². The molecule has 0 amide bonds. The Hall–Kier alpha value is -1.88. The minimum absolute atomic E-state index is 0.603. The van der Waals surface area contributed by atoms with Crippen LogP contribution in [0.4, 0.5) is 5.82 Å². The first-order valence-corrected chi connectivity index (χ1v) is 6.29. The molecule has 5 heteroatoms. The van der Waals surface area contributed by atoms with E-state index in [1.54, 1.807) is 12.6 Å². The maximum Gasteiger partial charge on any atom is 0.137 e. The minimum Gasteiger partial charge on any atom is -0.467 e. The molecule has 2 aromatic heterocycles. The molecule has 0 saturated heterocycles. The molecule has 0 aliphatic rings. The van der Waals surface area contributed by atoms with Gasteiger partial charge in [0.15, 0.2) is 0 Å². The summed E-state index contributed by atoms with van der Waals surface area (Å²) >= 11 is 3.45. The van der Waals surface area contributed by atoms with Gasteiger partial charge in [0.1, 0.15) is 17.9 Å². The van der Waals surface area contributed by atoms with Crippen LogP contribution in [-0.4, -0.2) is 9.97 Å². The van der Waals surface area contributed by atoms with Gasteiger partial charge in [0.2, 0.25) is 0 Å². The van der Waals surface area contributed by atoms with Gasteiger partial charge >= 0.3 is 0 Å². The van der Waals surface area contributed by atoms with E-state index >= 15 is 0 Å². The van der Waals surface area contributed by atoms with Gasteiger partial charge in [-0.25, -0.2) is 9.97 Å². The van der Waals surface area contributed by atoms with Crippen LogP contribution in [-0.2, 0) is 6.54 Å². The Labute approximate surface area is 112 Å². The molecule has 0 spiro atoms. The number of aromatic nitrogens is 2. The average molecular weight is 304 g/mol. The van der Waals surface area contributed by atoms with Gasteiger partial charge in [-0.2, -0.15) is 0 Å². The van der Waals surface area contributed by atoms with Gasteiger partial charge in [-0.15, -0.1) is 0 Å². The lowest BCUT2D eigenvalue weighted by atomic mass is 10.2. The summed E-state index contributed by atoms with van der Waals surface area (Å²) in [6, 6.07) is 9.71. The minimum atomic E-state index is 0.603. The van der Waals surface area contributed by atoms with Gasteiger partial charge in [0.25, 0.3) is 0 Å². The molecule has 3 aromatic rings. The van der Waals surface area contributed by atoms with E-state index in [0.29, 0.717) is 6.54 Å². The van der Waals surface area contributed by atoms with Crippen molar-refractivity contribution in [3.8, 4) is 0 Å². The quantitative estimate of drug-likeness (QED) is 0.803. The molecule has 0 aliphatic heterocycles. The van der Waals surface area contributed by atoms with Crippen LogP contribution >= 0.6 is 15.9 Å². The second-order valence-corrected chi connectivity index (χ2v) is 4.73. The summed E-state index contributed by atoms with van der Waals surface area (Å²) in [4.78, 5) is 8.50. The number of anilines is 1. The normalized spacial score (nSPS) is 10.7. The third-order valence-corrected chi connectivity index (χ3v) is 3.10. The standard InChI is InChI=1S/C13H10BrN3O/c14-9-3-4-12-11(6-9)13(17-8-16-12)15-7-10-2-1-5-18-10/h1-6,8H,7H2,(H,15,16,17). The fourth-order valence-electron chi connectivity index (χ4n) is 1.75. The van der Waals surface area contributed by atoms with Crippen LogP contribution in [0.5, 0.6) is 0 Å². The first kappa shape index (κ1) is 11.2. The predicted octanol–water partition coefficient (Wildman–Crippen LogP) is 3.60. The smallest absolute Gasteiger partial charge is 0.137 e. The predicted molar refractivity (Wildman–Crippen MR) is 73.3 cm³/mol. The highest BCUT2D eigenvalue weighted by Crippen LogP contribution is 2.23. The molecule has 0 atom stereocenters. The van der Waals surface area contributed by atoms with Crippen LogP contribution in [0.2, 0.25) is 0 Å². The first-order valence-electron chi connectivity index (χ1n) is 5.49. The number of halogens is 1. The molecule has 0 unspecified atom stereocenters. The van der Waals surface area contributed by atoms with Crippen LogP contribution in [0.3, 0.4) is 0 Å². The van der Waals surface area contributed by atoms with Gasteiger partial charge < -0.3 is 9.73 Å². The van der Waals surface area contributed by atoms with Crippen molar-refractivity contribution in [2.45, 2.75) is 6.54 Å². The van der Waals surface area contributed by atoms with Crippen LogP contribution in [0.1, 0.15) is 5.76 Å². The maximum atomic E-state index is 5.28. The molecular weight excluding hydrogens is 294 g/mol. The molecular formula is C13H10BrN3O. The highest BCUT2D eigenvalue weighted by molar-refractivity contribution is 9.10. The number of nitrogens with zero attached hydrogens (tertiary/aromatic N) is 2. The van der Waals surface area contributed by atoms with E-state index in [4.69, 9.17) is 4.42 Å². The van der Waals surface area contributed by atoms with E-state index in [1.807, 2.05) is 30.3 Å². The molecule has 0 aliphatic carbocycles. The Morgan fingerprint density at radius 3 is 3.00 bits per heavy atom. The molecule has 4 nitrogen and oxygen atoms in total. The molecule has 0 radical (unpaired) electrons. The fourth-order valence-corrected chi connectivity index (χ4v) is 2.11. The third-order valence-electron chi connectivity index (χ3n) is 2.61. The Kier molecular flexibility index (Phi) is 2.98. The van der Waals surface area contributed by atoms with Gasteiger partial charge in [0, 0.05) is 9.86 Å². The van der Waals surface area contributed by atoms with Crippen molar-refractivity contribution in [2.75, 3.05) is 5.32 Å². The SMILES string of the molecule is Brc1ccc2ncnc(NCc3ccco3)c2c1. The largest absolute Gasteiger partial charge is 0.467 e. The van der Waals surface area contributed by atoms with Crippen molar-refractivity contribution < 1.29 is 4.42 Å². The molecule has 0 fully saturated rings. The first-order chi connectivity index (χ1) is 8.83. The van der Waals surface area contributed by atoms with Crippen LogP contribution in [0.25, 0.3) is 10.9 Å². The van der Waals surface area contributed by atoms with Gasteiger partial charge in [-0.3, -0.25) is 0 Å². The number of fused-ring (bicyclic) bond motifs is 1. The van der Waals surface area contributed by atoms with E-state index in [0.717, 1.165) is 27.0 Å². The zero-order valence-corrected chi connectivity index (χ0v) is 11.0. The molecule has 1 aromatic carbocycles. The maximum absolute atomic E-state index is 5.28. The Morgan fingerprint density at radius 1 is 1.22 bits per heavy atom. The summed E-state index contributed by atoms with van der Waals surface area (Å²) in [6.07, 6.45) is 3.21. The third kappa shape index (κ3) is 2.22. The average Bonchev–Trinajstić information content (AvgIpc) is 2.89. The van der Waals surface area contributed by atoms with Crippen molar-refractivity contribution in [3.05, 3.63) is 53.2 Å². The van der Waals surface area contributed by atoms with Crippen LogP contribution in [0, 0.1) is 0 Å². The topological polar surface area (TPSA) is 51.0 Å². The highest BCUT2D eigenvalue weighted by atomic mass is 79.9. The molecule has 0 bridgehead atoms. The van der Waals surface area contributed by atoms with Gasteiger partial charge in [-0.1, -0.05) is 15.9 Å². The van der Waals surface area contributed by atoms with Crippen molar-refractivity contribution in [3.63, 3.8) is 0 Å². The highest BCUT2D eigenvalue weighted by Gasteiger charge is 2.04. The molecule has 18 heavy (non-hydrogen) atoms. The van der Waals surface area contributed by atoms with Crippen molar-refractivity contribution in [1.82, 2.24) is 9.97 Å². The van der Waals surface area contributed by atoms with Gasteiger partial charge in [0.05, 0.1) is 18.3 Å². The van der Waals surface area contributed by atoms with Crippen molar-refractivity contribution >= 4 is 32.7 Å². The van der Waals surface area contributed by atoms with E-state index < -0.39 is 0 Å². The monoisotopic (exact) mass is 303 g/mol. The summed E-state index contributed by atoms with van der Waals surface area (Å²) in [6.45, 7) is 0.603. The number of nitrogens with one attached hydrogen (secondary N) is 1. The van der Waals surface area contributed by atoms with E-state index in [1.165, 1.54) is 0 Å².